The molecule has 0 aliphatic carbocycles. The summed E-state index contributed by atoms with van der Waals surface area (Å²) in [7, 11) is 2.16. The summed E-state index contributed by atoms with van der Waals surface area (Å²) in [6.07, 6.45) is 8.04. The highest BCUT2D eigenvalue weighted by atomic mass is 32.1. The first kappa shape index (κ1) is 13.8. The van der Waals surface area contributed by atoms with Crippen LogP contribution in [0.15, 0.2) is 29.9 Å². The number of rotatable bonds is 5. The zero-order chi connectivity index (χ0) is 13.8. The maximum Gasteiger partial charge on any atom is 0.193 e. The van der Waals surface area contributed by atoms with Gasteiger partial charge in [-0.2, -0.15) is 0 Å². The zero-order valence-electron chi connectivity index (χ0n) is 11.9. The molecule has 0 radical (unpaired) electrons. The second-order valence-corrected chi connectivity index (χ2v) is 6.24. The van der Waals surface area contributed by atoms with Crippen molar-refractivity contribution >= 4 is 11.3 Å². The molecule has 5 heteroatoms. The third-order valence-electron chi connectivity index (χ3n) is 3.68. The van der Waals surface area contributed by atoms with Crippen molar-refractivity contribution < 1.29 is 4.74 Å². The summed E-state index contributed by atoms with van der Waals surface area (Å²) >= 11 is 1.67. The average Bonchev–Trinajstić information content (AvgIpc) is 3.10. The van der Waals surface area contributed by atoms with Gasteiger partial charge in [0, 0.05) is 43.2 Å². The molecule has 2 aromatic heterocycles. The summed E-state index contributed by atoms with van der Waals surface area (Å²) in [6, 6.07) is 4.25. The maximum absolute atomic E-state index is 5.81. The minimum Gasteiger partial charge on any atom is -0.377 e. The SMILES string of the molecule is CN(Cc1cccn1-c1nccs1)C[C@@H]1CCCCO1. The molecular weight excluding hydrogens is 270 g/mol. The van der Waals surface area contributed by atoms with Gasteiger partial charge in [0.2, 0.25) is 0 Å². The van der Waals surface area contributed by atoms with Gasteiger partial charge >= 0.3 is 0 Å². The molecule has 1 aliphatic rings. The van der Waals surface area contributed by atoms with Crippen molar-refractivity contribution in [3.63, 3.8) is 0 Å². The number of nitrogens with zero attached hydrogens (tertiary/aromatic N) is 3. The van der Waals surface area contributed by atoms with Crippen LogP contribution in [0.5, 0.6) is 0 Å². The molecule has 1 saturated heterocycles. The number of ether oxygens (including phenoxy) is 1. The van der Waals surface area contributed by atoms with Crippen LogP contribution in [-0.2, 0) is 11.3 Å². The van der Waals surface area contributed by atoms with Gasteiger partial charge in [0.1, 0.15) is 0 Å². The first-order chi connectivity index (χ1) is 9.83. The Morgan fingerprint density at radius 2 is 2.45 bits per heavy atom. The van der Waals surface area contributed by atoms with Gasteiger partial charge in [0.15, 0.2) is 5.13 Å². The van der Waals surface area contributed by atoms with E-state index < -0.39 is 0 Å². The first-order valence-electron chi connectivity index (χ1n) is 7.19. The Labute approximate surface area is 124 Å². The first-order valence-corrected chi connectivity index (χ1v) is 8.07. The van der Waals surface area contributed by atoms with E-state index in [0.29, 0.717) is 6.10 Å². The standard InChI is InChI=1S/C15H21N3OS/c1-17(12-14-6-2-3-9-19-14)11-13-5-4-8-18(13)15-16-7-10-20-15/h4-5,7-8,10,14H,2-3,6,9,11-12H2,1H3/t14-/m0/s1. The largest absolute Gasteiger partial charge is 0.377 e. The summed E-state index contributed by atoms with van der Waals surface area (Å²) in [6.45, 7) is 2.85. The highest BCUT2D eigenvalue weighted by Gasteiger charge is 2.16. The topological polar surface area (TPSA) is 30.3 Å². The monoisotopic (exact) mass is 291 g/mol. The predicted octanol–water partition coefficient (Wildman–Crippen LogP) is 2.93. The van der Waals surface area contributed by atoms with Gasteiger partial charge < -0.3 is 4.74 Å². The molecule has 0 bridgehead atoms. The Morgan fingerprint density at radius 3 is 3.20 bits per heavy atom. The number of thiazole rings is 1. The van der Waals surface area contributed by atoms with Gasteiger partial charge in [0.25, 0.3) is 0 Å². The van der Waals surface area contributed by atoms with E-state index in [4.69, 9.17) is 4.74 Å². The van der Waals surface area contributed by atoms with Crippen molar-refractivity contribution in [3.8, 4) is 5.13 Å². The second kappa shape index (κ2) is 6.52. The van der Waals surface area contributed by atoms with Crippen LogP contribution in [0.3, 0.4) is 0 Å². The van der Waals surface area contributed by atoms with Crippen LogP contribution in [0.4, 0.5) is 0 Å². The fourth-order valence-corrected chi connectivity index (χ4v) is 3.36. The molecule has 4 nitrogen and oxygen atoms in total. The Balaban J connectivity index is 1.61. The molecule has 1 fully saturated rings. The van der Waals surface area contributed by atoms with Crippen molar-refractivity contribution in [2.75, 3.05) is 20.2 Å². The predicted molar refractivity (Wildman–Crippen MR) is 81.4 cm³/mol. The lowest BCUT2D eigenvalue weighted by molar-refractivity contribution is -0.00280. The van der Waals surface area contributed by atoms with Crippen molar-refractivity contribution in [3.05, 3.63) is 35.6 Å². The molecule has 0 unspecified atom stereocenters. The molecule has 1 atom stereocenters. The number of aromatic nitrogens is 2. The number of hydrogen-bond acceptors (Lipinski definition) is 4. The molecule has 0 aromatic carbocycles. The molecular formula is C15H21N3OS. The summed E-state index contributed by atoms with van der Waals surface area (Å²) in [5.74, 6) is 0. The lowest BCUT2D eigenvalue weighted by Gasteiger charge is -2.27. The fraction of sp³-hybridized carbons (Fsp3) is 0.533. The van der Waals surface area contributed by atoms with E-state index in [9.17, 15) is 0 Å². The van der Waals surface area contributed by atoms with Crippen LogP contribution in [0.2, 0.25) is 0 Å². The highest BCUT2D eigenvalue weighted by Crippen LogP contribution is 2.18. The Hall–Kier alpha value is -1.17. The molecule has 20 heavy (non-hydrogen) atoms. The molecule has 0 N–H and O–H groups in total. The van der Waals surface area contributed by atoms with Crippen LogP contribution in [0.25, 0.3) is 5.13 Å². The maximum atomic E-state index is 5.81. The van der Waals surface area contributed by atoms with Crippen LogP contribution in [0, 0.1) is 0 Å². The average molecular weight is 291 g/mol. The van der Waals surface area contributed by atoms with Gasteiger partial charge in [-0.05, 0) is 38.4 Å². The lowest BCUT2D eigenvalue weighted by Crippen LogP contribution is -2.33. The minimum absolute atomic E-state index is 0.400. The van der Waals surface area contributed by atoms with E-state index in [-0.39, 0.29) is 0 Å². The van der Waals surface area contributed by atoms with Crippen LogP contribution < -0.4 is 0 Å². The van der Waals surface area contributed by atoms with E-state index in [0.717, 1.165) is 24.8 Å². The summed E-state index contributed by atoms with van der Waals surface area (Å²) in [4.78, 5) is 6.72. The van der Waals surface area contributed by atoms with Gasteiger partial charge in [-0.25, -0.2) is 4.98 Å². The van der Waals surface area contributed by atoms with Crippen LogP contribution in [-0.4, -0.2) is 40.8 Å². The summed E-state index contributed by atoms with van der Waals surface area (Å²) < 4.78 is 7.98. The Morgan fingerprint density at radius 1 is 1.50 bits per heavy atom. The summed E-state index contributed by atoms with van der Waals surface area (Å²) in [5.41, 5.74) is 1.28. The molecule has 2 aromatic rings. The molecule has 0 spiro atoms. The second-order valence-electron chi connectivity index (χ2n) is 5.37. The number of likely N-dealkylation sites (N-methyl/N-ethyl adjacent to an activating group) is 1. The van der Waals surface area contributed by atoms with Crippen molar-refractivity contribution in [2.24, 2.45) is 0 Å². The molecule has 0 amide bonds. The van der Waals surface area contributed by atoms with Crippen molar-refractivity contribution in [1.29, 1.82) is 0 Å². The normalized spacial score (nSPS) is 19.6. The lowest BCUT2D eigenvalue weighted by atomic mass is 10.1. The van der Waals surface area contributed by atoms with Crippen LogP contribution >= 0.6 is 11.3 Å². The zero-order valence-corrected chi connectivity index (χ0v) is 12.7. The number of hydrogen-bond donors (Lipinski definition) is 0. The fourth-order valence-electron chi connectivity index (χ4n) is 2.71. The van der Waals surface area contributed by atoms with Gasteiger partial charge in [0.05, 0.1) is 6.10 Å². The van der Waals surface area contributed by atoms with Gasteiger partial charge in [-0.1, -0.05) is 0 Å². The van der Waals surface area contributed by atoms with E-state index >= 15 is 0 Å². The van der Waals surface area contributed by atoms with Crippen molar-refractivity contribution in [2.45, 2.75) is 31.9 Å². The minimum atomic E-state index is 0.400. The third-order valence-corrected chi connectivity index (χ3v) is 4.45. The smallest absolute Gasteiger partial charge is 0.193 e. The molecule has 3 heterocycles. The summed E-state index contributed by atoms with van der Waals surface area (Å²) in [5, 5.41) is 3.05. The van der Waals surface area contributed by atoms with Crippen LogP contribution in [0.1, 0.15) is 25.0 Å². The third kappa shape index (κ3) is 3.29. The van der Waals surface area contributed by atoms with Crippen molar-refractivity contribution in [1.82, 2.24) is 14.5 Å². The van der Waals surface area contributed by atoms with E-state index in [1.807, 2.05) is 11.6 Å². The highest BCUT2D eigenvalue weighted by molar-refractivity contribution is 7.12. The molecule has 3 rings (SSSR count). The molecule has 0 saturated carbocycles. The van der Waals surface area contributed by atoms with Gasteiger partial charge in [-0.3, -0.25) is 9.47 Å². The molecule has 108 valence electrons. The van der Waals surface area contributed by atoms with E-state index in [1.165, 1.54) is 25.0 Å². The van der Waals surface area contributed by atoms with Gasteiger partial charge in [-0.15, -0.1) is 11.3 Å². The quantitative estimate of drug-likeness (QED) is 0.848. The Bertz CT molecular complexity index is 517. The molecule has 1 aliphatic heterocycles. The van der Waals surface area contributed by atoms with E-state index in [1.54, 1.807) is 11.3 Å². The Kier molecular flexibility index (Phi) is 4.50. The van der Waals surface area contributed by atoms with E-state index in [2.05, 4.69) is 39.8 Å².